The van der Waals surface area contributed by atoms with E-state index in [1.54, 1.807) is 5.57 Å². The van der Waals surface area contributed by atoms with Crippen molar-refractivity contribution in [1.29, 1.82) is 0 Å². The fourth-order valence-electron chi connectivity index (χ4n) is 2.30. The van der Waals surface area contributed by atoms with E-state index in [9.17, 15) is 0 Å². The second kappa shape index (κ2) is 5.35. The fraction of sp³-hybridized carbons (Fsp3) is 0.692. The highest BCUT2D eigenvalue weighted by molar-refractivity contribution is 5.38. The Morgan fingerprint density at radius 1 is 1.50 bits per heavy atom. The van der Waals surface area contributed by atoms with Gasteiger partial charge in [0.1, 0.15) is 0 Å². The third-order valence-corrected chi connectivity index (χ3v) is 3.04. The Morgan fingerprint density at radius 3 is 2.79 bits per heavy atom. The van der Waals surface area contributed by atoms with Gasteiger partial charge in [0.15, 0.2) is 0 Å². The predicted molar refractivity (Wildman–Crippen MR) is 63.4 cm³/mol. The molecule has 1 rings (SSSR count). The van der Waals surface area contributed by atoms with E-state index in [1.807, 2.05) is 0 Å². The maximum atomic E-state index is 4.22. The standard InChI is InChI=1S/C13H23N/c1-5-7-10(3)13-11(4)8-9-14-12(13)6-2/h12,14H,3,5-9H2,1-2,4H3. The molecule has 1 N–H and O–H groups in total. The van der Waals surface area contributed by atoms with Crippen LogP contribution in [0.4, 0.5) is 0 Å². The molecule has 0 bridgehead atoms. The molecule has 0 aliphatic carbocycles. The Bertz CT molecular complexity index is 238. The summed E-state index contributed by atoms with van der Waals surface area (Å²) in [5.41, 5.74) is 4.42. The molecule has 0 amide bonds. The minimum absolute atomic E-state index is 0.558. The van der Waals surface area contributed by atoms with Gasteiger partial charge in [0.2, 0.25) is 0 Å². The second-order valence-electron chi connectivity index (χ2n) is 4.21. The lowest BCUT2D eigenvalue weighted by atomic mass is 9.87. The van der Waals surface area contributed by atoms with Gasteiger partial charge in [0.25, 0.3) is 0 Å². The lowest BCUT2D eigenvalue weighted by Gasteiger charge is -2.29. The average Bonchev–Trinajstić information content (AvgIpc) is 2.17. The van der Waals surface area contributed by atoms with Crippen molar-refractivity contribution in [1.82, 2.24) is 5.32 Å². The molecule has 1 aliphatic heterocycles. The topological polar surface area (TPSA) is 12.0 Å². The Hall–Kier alpha value is -0.560. The summed E-state index contributed by atoms with van der Waals surface area (Å²) in [6.45, 7) is 12.1. The summed E-state index contributed by atoms with van der Waals surface area (Å²) in [6.07, 6.45) is 4.71. The van der Waals surface area contributed by atoms with Crippen LogP contribution in [0.25, 0.3) is 0 Å². The van der Waals surface area contributed by atoms with Crippen molar-refractivity contribution in [3.8, 4) is 0 Å². The molecule has 1 aliphatic rings. The molecule has 1 heteroatoms. The quantitative estimate of drug-likeness (QED) is 0.721. The summed E-state index contributed by atoms with van der Waals surface area (Å²) >= 11 is 0. The van der Waals surface area contributed by atoms with E-state index in [-0.39, 0.29) is 0 Å². The van der Waals surface area contributed by atoms with Crippen molar-refractivity contribution < 1.29 is 0 Å². The molecule has 0 spiro atoms. The van der Waals surface area contributed by atoms with Crippen LogP contribution >= 0.6 is 0 Å². The van der Waals surface area contributed by atoms with Crippen molar-refractivity contribution in [3.63, 3.8) is 0 Å². The maximum Gasteiger partial charge on any atom is 0.0319 e. The van der Waals surface area contributed by atoms with Crippen LogP contribution in [0.1, 0.15) is 46.5 Å². The van der Waals surface area contributed by atoms with Gasteiger partial charge in [-0.15, -0.1) is 0 Å². The molecule has 0 saturated heterocycles. The van der Waals surface area contributed by atoms with Gasteiger partial charge in [-0.05, 0) is 38.3 Å². The van der Waals surface area contributed by atoms with Gasteiger partial charge in [-0.2, -0.15) is 0 Å². The van der Waals surface area contributed by atoms with Crippen LogP contribution in [0.5, 0.6) is 0 Å². The normalized spacial score (nSPS) is 22.6. The average molecular weight is 193 g/mol. The zero-order valence-corrected chi connectivity index (χ0v) is 9.82. The molecule has 0 radical (unpaired) electrons. The van der Waals surface area contributed by atoms with Crippen LogP contribution in [0.3, 0.4) is 0 Å². The zero-order chi connectivity index (χ0) is 10.6. The number of hydrogen-bond acceptors (Lipinski definition) is 1. The number of hydrogen-bond donors (Lipinski definition) is 1. The predicted octanol–water partition coefficient (Wildman–Crippen LogP) is 3.43. The third kappa shape index (κ3) is 2.48. The summed E-state index contributed by atoms with van der Waals surface area (Å²) < 4.78 is 0. The summed E-state index contributed by atoms with van der Waals surface area (Å²) in [5, 5.41) is 3.57. The SMILES string of the molecule is C=C(CCC)C1=C(C)CCNC1CC. The smallest absolute Gasteiger partial charge is 0.0319 e. The first-order chi connectivity index (χ1) is 6.70. The van der Waals surface area contributed by atoms with Gasteiger partial charge in [0, 0.05) is 6.04 Å². The van der Waals surface area contributed by atoms with Crippen molar-refractivity contribution in [2.24, 2.45) is 0 Å². The first-order valence-corrected chi connectivity index (χ1v) is 5.81. The Labute approximate surface area is 88.3 Å². The lowest BCUT2D eigenvalue weighted by Crippen LogP contribution is -2.36. The molecule has 0 aromatic heterocycles. The van der Waals surface area contributed by atoms with Crippen LogP contribution in [-0.2, 0) is 0 Å². The minimum Gasteiger partial charge on any atom is -0.310 e. The molecule has 0 saturated carbocycles. The van der Waals surface area contributed by atoms with Crippen LogP contribution in [-0.4, -0.2) is 12.6 Å². The molecular weight excluding hydrogens is 170 g/mol. The summed E-state index contributed by atoms with van der Waals surface area (Å²) in [5.74, 6) is 0. The monoisotopic (exact) mass is 193 g/mol. The van der Waals surface area contributed by atoms with E-state index >= 15 is 0 Å². The largest absolute Gasteiger partial charge is 0.310 e. The van der Waals surface area contributed by atoms with E-state index in [4.69, 9.17) is 0 Å². The fourth-order valence-corrected chi connectivity index (χ4v) is 2.30. The molecule has 14 heavy (non-hydrogen) atoms. The molecular formula is C13H23N. The van der Waals surface area contributed by atoms with E-state index in [0.717, 1.165) is 13.0 Å². The van der Waals surface area contributed by atoms with E-state index in [0.29, 0.717) is 6.04 Å². The van der Waals surface area contributed by atoms with Crippen molar-refractivity contribution in [2.45, 2.75) is 52.5 Å². The molecule has 1 unspecified atom stereocenters. The highest BCUT2D eigenvalue weighted by Gasteiger charge is 2.20. The molecule has 1 heterocycles. The van der Waals surface area contributed by atoms with Gasteiger partial charge in [-0.1, -0.05) is 38.0 Å². The van der Waals surface area contributed by atoms with E-state index in [1.165, 1.54) is 30.4 Å². The highest BCUT2D eigenvalue weighted by Crippen LogP contribution is 2.27. The Morgan fingerprint density at radius 2 is 2.21 bits per heavy atom. The molecule has 0 aromatic rings. The van der Waals surface area contributed by atoms with Crippen molar-refractivity contribution >= 4 is 0 Å². The summed E-state index contributed by atoms with van der Waals surface area (Å²) in [4.78, 5) is 0. The zero-order valence-electron chi connectivity index (χ0n) is 9.82. The van der Waals surface area contributed by atoms with Gasteiger partial charge >= 0.3 is 0 Å². The molecule has 1 nitrogen and oxygen atoms in total. The second-order valence-corrected chi connectivity index (χ2v) is 4.21. The maximum absolute atomic E-state index is 4.22. The van der Waals surface area contributed by atoms with Gasteiger partial charge < -0.3 is 5.32 Å². The number of nitrogens with one attached hydrogen (secondary N) is 1. The van der Waals surface area contributed by atoms with Gasteiger partial charge in [0.05, 0.1) is 0 Å². The molecule has 80 valence electrons. The Kier molecular flexibility index (Phi) is 4.40. The van der Waals surface area contributed by atoms with Crippen LogP contribution in [0, 0.1) is 0 Å². The summed E-state index contributed by atoms with van der Waals surface area (Å²) in [6, 6.07) is 0.558. The Balaban J connectivity index is 2.82. The first-order valence-electron chi connectivity index (χ1n) is 5.81. The van der Waals surface area contributed by atoms with Crippen molar-refractivity contribution in [3.05, 3.63) is 23.3 Å². The van der Waals surface area contributed by atoms with Crippen LogP contribution in [0.2, 0.25) is 0 Å². The third-order valence-electron chi connectivity index (χ3n) is 3.04. The molecule has 0 fully saturated rings. The van der Waals surface area contributed by atoms with Crippen LogP contribution in [0.15, 0.2) is 23.3 Å². The van der Waals surface area contributed by atoms with E-state index < -0.39 is 0 Å². The van der Waals surface area contributed by atoms with Gasteiger partial charge in [-0.3, -0.25) is 0 Å². The van der Waals surface area contributed by atoms with E-state index in [2.05, 4.69) is 32.7 Å². The number of rotatable bonds is 4. The van der Waals surface area contributed by atoms with Gasteiger partial charge in [-0.25, -0.2) is 0 Å². The lowest BCUT2D eigenvalue weighted by molar-refractivity contribution is 0.523. The highest BCUT2D eigenvalue weighted by atomic mass is 14.9. The molecule has 1 atom stereocenters. The van der Waals surface area contributed by atoms with Crippen LogP contribution < -0.4 is 5.32 Å². The first kappa shape index (κ1) is 11.5. The minimum atomic E-state index is 0.558. The molecule has 0 aromatic carbocycles. The summed E-state index contributed by atoms with van der Waals surface area (Å²) in [7, 11) is 0. The van der Waals surface area contributed by atoms with Crippen molar-refractivity contribution in [2.75, 3.05) is 6.54 Å².